The molecule has 0 radical (unpaired) electrons. The molecule has 0 rings (SSSR count). The van der Waals surface area contributed by atoms with E-state index in [2.05, 4.69) is 6.58 Å². The second-order valence-electron chi connectivity index (χ2n) is 1.61. The lowest BCUT2D eigenvalue weighted by Gasteiger charge is -1.94. The van der Waals surface area contributed by atoms with Gasteiger partial charge in [0.2, 0.25) is 0 Å². The van der Waals surface area contributed by atoms with Gasteiger partial charge in [0.25, 0.3) is 0 Å². The Bertz CT molecular complexity index is 170. The summed E-state index contributed by atoms with van der Waals surface area (Å²) >= 11 is 0. The van der Waals surface area contributed by atoms with Crippen LogP contribution >= 0.6 is 0 Å². The van der Waals surface area contributed by atoms with Crippen LogP contribution in [0.3, 0.4) is 0 Å². The molecule has 0 aliphatic carbocycles. The lowest BCUT2D eigenvalue weighted by atomic mass is 10.2. The van der Waals surface area contributed by atoms with Crippen molar-refractivity contribution in [3.63, 3.8) is 0 Å². The minimum atomic E-state index is -1.10. The Morgan fingerprint density at radius 2 is 2.22 bits per heavy atom. The highest BCUT2D eigenvalue weighted by Gasteiger charge is 2.01. The van der Waals surface area contributed by atoms with Crippen LogP contribution in [0, 0.1) is 0 Å². The average Bonchev–Trinajstić information content (AvgIpc) is 1.84. The molecule has 3 heteroatoms. The minimum absolute atomic E-state index is 0.148. The van der Waals surface area contributed by atoms with Crippen LogP contribution in [0.15, 0.2) is 23.9 Å². The van der Waals surface area contributed by atoms with Gasteiger partial charge in [-0.1, -0.05) is 12.7 Å². The average molecular weight is 127 g/mol. The number of hydrogen-bond acceptors (Lipinski definition) is 2. The number of rotatable bonds is 2. The van der Waals surface area contributed by atoms with Gasteiger partial charge in [0.1, 0.15) is 5.70 Å². The summed E-state index contributed by atoms with van der Waals surface area (Å²) in [6.07, 6.45) is 1.41. The quantitative estimate of drug-likeness (QED) is 0.419. The summed E-state index contributed by atoms with van der Waals surface area (Å²) in [7, 11) is 0. The second-order valence-corrected chi connectivity index (χ2v) is 1.61. The van der Waals surface area contributed by atoms with E-state index >= 15 is 0 Å². The Hall–Kier alpha value is -1.25. The molecule has 0 amide bonds. The number of carboxylic acids is 1. The molecule has 50 valence electrons. The van der Waals surface area contributed by atoms with Crippen LogP contribution in [-0.4, -0.2) is 11.1 Å². The molecule has 0 fully saturated rings. The van der Waals surface area contributed by atoms with Gasteiger partial charge in [-0.3, -0.25) is 0 Å². The molecule has 0 unspecified atom stereocenters. The largest absolute Gasteiger partial charge is 0.477 e. The third-order valence-electron chi connectivity index (χ3n) is 0.961. The molecule has 9 heavy (non-hydrogen) atoms. The summed E-state index contributed by atoms with van der Waals surface area (Å²) < 4.78 is 0. The molecule has 0 heterocycles. The lowest BCUT2D eigenvalue weighted by Crippen LogP contribution is -2.11. The van der Waals surface area contributed by atoms with Crippen molar-refractivity contribution in [2.45, 2.75) is 6.92 Å². The van der Waals surface area contributed by atoms with Crippen LogP contribution in [0.1, 0.15) is 6.92 Å². The van der Waals surface area contributed by atoms with E-state index in [0.717, 1.165) is 0 Å². The highest BCUT2D eigenvalue weighted by Crippen LogP contribution is 1.97. The van der Waals surface area contributed by atoms with Gasteiger partial charge in [-0.25, -0.2) is 4.79 Å². The van der Waals surface area contributed by atoms with Crippen molar-refractivity contribution in [2.24, 2.45) is 5.73 Å². The fourth-order valence-corrected chi connectivity index (χ4v) is 0.279. The molecule has 0 saturated carbocycles. The molecule has 0 bridgehead atoms. The molecule has 0 aromatic heterocycles. The molecule has 3 nitrogen and oxygen atoms in total. The standard InChI is InChI=1S/C6H9NO2/c1-3-4(2)5(7)6(8)9/h3H,1,7H2,2H3,(H,8,9)/b5-4-. The highest BCUT2D eigenvalue weighted by atomic mass is 16.4. The van der Waals surface area contributed by atoms with Crippen molar-refractivity contribution in [3.8, 4) is 0 Å². The number of carboxylic acid groups (broad SMARTS) is 1. The molecule has 3 N–H and O–H groups in total. The van der Waals surface area contributed by atoms with E-state index in [1.807, 2.05) is 0 Å². The molecule has 0 aliphatic heterocycles. The fourth-order valence-electron chi connectivity index (χ4n) is 0.279. The van der Waals surface area contributed by atoms with Crippen molar-refractivity contribution < 1.29 is 9.90 Å². The number of carbonyl (C=O) groups is 1. The van der Waals surface area contributed by atoms with E-state index in [1.54, 1.807) is 6.92 Å². The van der Waals surface area contributed by atoms with Crippen LogP contribution in [-0.2, 0) is 4.79 Å². The Morgan fingerprint density at radius 1 is 1.78 bits per heavy atom. The second kappa shape index (κ2) is 2.91. The maximum atomic E-state index is 10.1. The minimum Gasteiger partial charge on any atom is -0.477 e. The Morgan fingerprint density at radius 3 is 2.33 bits per heavy atom. The third-order valence-corrected chi connectivity index (χ3v) is 0.961. The molecule has 0 saturated heterocycles. The van der Waals surface area contributed by atoms with Crippen molar-refractivity contribution >= 4 is 5.97 Å². The topological polar surface area (TPSA) is 63.3 Å². The monoisotopic (exact) mass is 127 g/mol. The zero-order valence-corrected chi connectivity index (χ0v) is 5.22. The molecular weight excluding hydrogens is 118 g/mol. The van der Waals surface area contributed by atoms with Gasteiger partial charge in [0, 0.05) is 0 Å². The predicted molar refractivity (Wildman–Crippen MR) is 34.7 cm³/mol. The summed E-state index contributed by atoms with van der Waals surface area (Å²) in [5.41, 5.74) is 5.42. The predicted octanol–water partition coefficient (Wildman–Crippen LogP) is 0.490. The molecule has 0 atom stereocenters. The van der Waals surface area contributed by atoms with E-state index in [1.165, 1.54) is 6.08 Å². The fraction of sp³-hybridized carbons (Fsp3) is 0.167. The SMILES string of the molecule is C=C/C(C)=C(\N)C(=O)O. The van der Waals surface area contributed by atoms with E-state index in [9.17, 15) is 4.79 Å². The summed E-state index contributed by atoms with van der Waals surface area (Å²) in [5, 5.41) is 8.25. The molecule has 0 aromatic carbocycles. The van der Waals surface area contributed by atoms with E-state index in [-0.39, 0.29) is 5.70 Å². The third kappa shape index (κ3) is 1.99. The van der Waals surface area contributed by atoms with Gasteiger partial charge in [0.15, 0.2) is 0 Å². The number of hydrogen-bond donors (Lipinski definition) is 2. The highest BCUT2D eigenvalue weighted by molar-refractivity contribution is 5.86. The first-order chi connectivity index (χ1) is 4.09. The lowest BCUT2D eigenvalue weighted by molar-refractivity contribution is -0.132. The Kier molecular flexibility index (Phi) is 2.51. The summed E-state index contributed by atoms with van der Waals surface area (Å²) in [6, 6.07) is 0. The first kappa shape index (κ1) is 7.75. The van der Waals surface area contributed by atoms with Crippen molar-refractivity contribution in [1.29, 1.82) is 0 Å². The number of nitrogens with two attached hydrogens (primary N) is 1. The van der Waals surface area contributed by atoms with Crippen LogP contribution in [0.25, 0.3) is 0 Å². The zero-order valence-electron chi connectivity index (χ0n) is 5.22. The molecule has 0 spiro atoms. The van der Waals surface area contributed by atoms with Gasteiger partial charge in [-0.15, -0.1) is 0 Å². The van der Waals surface area contributed by atoms with Crippen LogP contribution in [0.2, 0.25) is 0 Å². The smallest absolute Gasteiger partial charge is 0.352 e. The molecule has 0 aliphatic rings. The summed E-state index contributed by atoms with van der Waals surface area (Å²) in [5.74, 6) is -1.10. The Labute approximate surface area is 53.5 Å². The first-order valence-corrected chi connectivity index (χ1v) is 2.41. The summed E-state index contributed by atoms with van der Waals surface area (Å²) in [6.45, 7) is 4.96. The first-order valence-electron chi connectivity index (χ1n) is 2.41. The van der Waals surface area contributed by atoms with Crippen LogP contribution in [0.4, 0.5) is 0 Å². The maximum absolute atomic E-state index is 10.1. The molecular formula is C6H9NO2. The van der Waals surface area contributed by atoms with Crippen molar-refractivity contribution in [2.75, 3.05) is 0 Å². The van der Waals surface area contributed by atoms with Crippen LogP contribution < -0.4 is 5.73 Å². The molecule has 0 aromatic rings. The Balaban J connectivity index is 4.47. The normalized spacial score (nSPS) is 12.1. The van der Waals surface area contributed by atoms with Gasteiger partial charge in [0.05, 0.1) is 0 Å². The zero-order chi connectivity index (χ0) is 7.44. The number of allylic oxidation sites excluding steroid dienone is 2. The van der Waals surface area contributed by atoms with E-state index < -0.39 is 5.97 Å². The maximum Gasteiger partial charge on any atom is 0.352 e. The van der Waals surface area contributed by atoms with Gasteiger partial charge in [-0.05, 0) is 12.5 Å². The van der Waals surface area contributed by atoms with E-state index in [4.69, 9.17) is 10.8 Å². The number of aliphatic carboxylic acids is 1. The van der Waals surface area contributed by atoms with Gasteiger partial charge < -0.3 is 10.8 Å². The van der Waals surface area contributed by atoms with Gasteiger partial charge in [-0.2, -0.15) is 0 Å². The van der Waals surface area contributed by atoms with Crippen molar-refractivity contribution in [1.82, 2.24) is 0 Å². The van der Waals surface area contributed by atoms with Gasteiger partial charge >= 0.3 is 5.97 Å². The van der Waals surface area contributed by atoms with E-state index in [0.29, 0.717) is 5.57 Å². The van der Waals surface area contributed by atoms with Crippen LogP contribution in [0.5, 0.6) is 0 Å². The van der Waals surface area contributed by atoms with Crippen molar-refractivity contribution in [3.05, 3.63) is 23.9 Å². The summed E-state index contributed by atoms with van der Waals surface area (Å²) in [4.78, 5) is 10.1.